The average molecular weight is 510 g/mol. The summed E-state index contributed by atoms with van der Waals surface area (Å²) in [5, 5.41) is 5.54. The average Bonchev–Trinajstić information content (AvgIpc) is 2.85. The Hall–Kier alpha value is -3.44. The van der Waals surface area contributed by atoms with E-state index in [0.717, 1.165) is 5.56 Å². The largest absolute Gasteiger partial charge is 0.444 e. The maximum absolute atomic E-state index is 13.7. The highest BCUT2D eigenvalue weighted by molar-refractivity contribution is 7.80. The smallest absolute Gasteiger partial charge is 0.408 e. The minimum atomic E-state index is -0.982. The van der Waals surface area contributed by atoms with Crippen molar-refractivity contribution in [3.05, 3.63) is 71.3 Å². The van der Waals surface area contributed by atoms with Crippen LogP contribution in [-0.4, -0.2) is 46.7 Å². The van der Waals surface area contributed by atoms with Gasteiger partial charge in [0.1, 0.15) is 17.7 Å². The van der Waals surface area contributed by atoms with Gasteiger partial charge in [-0.05, 0) is 50.5 Å². The second-order valence-electron chi connectivity index (χ2n) is 9.29. The summed E-state index contributed by atoms with van der Waals surface area (Å²) in [6.45, 7) is 7.72. The number of amides is 3. The maximum Gasteiger partial charge on any atom is 0.408 e. The molecule has 0 aromatic heterocycles. The van der Waals surface area contributed by atoms with Crippen LogP contribution in [0.2, 0.25) is 0 Å². The molecule has 0 heterocycles. The Kier molecular flexibility index (Phi) is 10.9. The summed E-state index contributed by atoms with van der Waals surface area (Å²) in [4.78, 5) is 41.1. The van der Waals surface area contributed by atoms with Crippen molar-refractivity contribution in [2.45, 2.75) is 58.3 Å². The van der Waals surface area contributed by atoms with Crippen molar-refractivity contribution in [1.82, 2.24) is 15.5 Å². The standard InChI is InChI=1S/C28H35N3O4S/c1-6-17-31(26(33)23(19-36)30-27(34)35-28(3,4)5)24(22-15-13-20(7-2)14-16-22)25(32)29-18-21-11-9-8-10-12-21/h2,8-16,23-24,36H,6,17-19H2,1,3-5H3,(H,29,32)(H,30,34). The van der Waals surface area contributed by atoms with Crippen LogP contribution in [-0.2, 0) is 20.9 Å². The molecule has 192 valence electrons. The number of alkyl carbamates (subject to hydrolysis) is 1. The van der Waals surface area contributed by atoms with Gasteiger partial charge < -0.3 is 20.3 Å². The van der Waals surface area contributed by atoms with Crippen LogP contribution in [0.3, 0.4) is 0 Å². The first-order valence-electron chi connectivity index (χ1n) is 11.9. The molecule has 2 aromatic rings. The molecule has 2 atom stereocenters. The maximum atomic E-state index is 13.7. The van der Waals surface area contributed by atoms with Crippen molar-refractivity contribution in [2.75, 3.05) is 12.3 Å². The molecule has 7 nitrogen and oxygen atoms in total. The lowest BCUT2D eigenvalue weighted by Crippen LogP contribution is -2.54. The number of benzene rings is 2. The molecule has 3 amide bonds. The summed E-state index contributed by atoms with van der Waals surface area (Å²) in [6, 6.07) is 14.5. The first kappa shape index (κ1) is 28.8. The van der Waals surface area contributed by atoms with Gasteiger partial charge >= 0.3 is 6.09 Å². The SMILES string of the molecule is C#Cc1ccc(C(C(=O)NCc2ccccc2)N(CCC)C(=O)C(CS)NC(=O)OC(C)(C)C)cc1. The number of hydrogen-bond acceptors (Lipinski definition) is 5. The van der Waals surface area contributed by atoms with Gasteiger partial charge in [0, 0.05) is 24.4 Å². The first-order valence-corrected chi connectivity index (χ1v) is 12.5. The summed E-state index contributed by atoms with van der Waals surface area (Å²) in [5.74, 6) is 1.82. The zero-order valence-corrected chi connectivity index (χ0v) is 22.2. The van der Waals surface area contributed by atoms with Crippen LogP contribution in [0.5, 0.6) is 0 Å². The Balaban J connectivity index is 2.37. The summed E-state index contributed by atoms with van der Waals surface area (Å²) in [5.41, 5.74) is 1.48. The lowest BCUT2D eigenvalue weighted by Gasteiger charge is -2.34. The van der Waals surface area contributed by atoms with Crippen molar-refractivity contribution in [3.8, 4) is 12.3 Å². The molecule has 0 aliphatic heterocycles. The van der Waals surface area contributed by atoms with E-state index >= 15 is 0 Å². The second-order valence-corrected chi connectivity index (χ2v) is 9.65. The number of nitrogens with zero attached hydrogens (tertiary/aromatic N) is 1. The lowest BCUT2D eigenvalue weighted by atomic mass is 10.0. The number of carbonyl (C=O) groups excluding carboxylic acids is 3. The molecule has 0 fully saturated rings. The van der Waals surface area contributed by atoms with E-state index in [1.54, 1.807) is 45.0 Å². The zero-order chi connectivity index (χ0) is 26.7. The Morgan fingerprint density at radius 3 is 2.25 bits per heavy atom. The summed E-state index contributed by atoms with van der Waals surface area (Å²) in [6.07, 6.45) is 5.37. The minimum absolute atomic E-state index is 0.0344. The quantitative estimate of drug-likeness (QED) is 0.333. The lowest BCUT2D eigenvalue weighted by molar-refractivity contribution is -0.142. The topological polar surface area (TPSA) is 87.7 Å². The molecular weight excluding hydrogens is 474 g/mol. The van der Waals surface area contributed by atoms with Crippen molar-refractivity contribution >= 4 is 30.5 Å². The van der Waals surface area contributed by atoms with E-state index in [9.17, 15) is 14.4 Å². The molecule has 36 heavy (non-hydrogen) atoms. The molecule has 2 unspecified atom stereocenters. The third-order valence-electron chi connectivity index (χ3n) is 5.18. The van der Waals surface area contributed by atoms with E-state index < -0.39 is 29.7 Å². The minimum Gasteiger partial charge on any atom is -0.444 e. The second kappa shape index (κ2) is 13.6. The van der Waals surface area contributed by atoms with E-state index in [4.69, 9.17) is 11.2 Å². The highest BCUT2D eigenvalue weighted by Crippen LogP contribution is 2.24. The van der Waals surface area contributed by atoms with Gasteiger partial charge in [-0.1, -0.05) is 55.3 Å². The van der Waals surface area contributed by atoms with Crippen LogP contribution in [0.4, 0.5) is 4.79 Å². The van der Waals surface area contributed by atoms with Crippen LogP contribution in [0.25, 0.3) is 0 Å². The van der Waals surface area contributed by atoms with Gasteiger partial charge in [0.05, 0.1) is 0 Å². The van der Waals surface area contributed by atoms with Gasteiger partial charge in [0.25, 0.3) is 0 Å². The van der Waals surface area contributed by atoms with Gasteiger partial charge in [-0.25, -0.2) is 4.79 Å². The van der Waals surface area contributed by atoms with Crippen LogP contribution < -0.4 is 10.6 Å². The van der Waals surface area contributed by atoms with E-state index in [1.165, 1.54) is 4.90 Å². The monoisotopic (exact) mass is 509 g/mol. The van der Waals surface area contributed by atoms with Gasteiger partial charge in [-0.15, -0.1) is 6.42 Å². The third kappa shape index (κ3) is 8.65. The molecule has 8 heteroatoms. The van der Waals surface area contributed by atoms with Crippen molar-refractivity contribution in [3.63, 3.8) is 0 Å². The Morgan fingerprint density at radius 1 is 1.08 bits per heavy atom. The molecule has 0 spiro atoms. The number of hydrogen-bond donors (Lipinski definition) is 3. The van der Waals surface area contributed by atoms with Gasteiger partial charge in [-0.2, -0.15) is 12.6 Å². The molecule has 0 aliphatic carbocycles. The molecular formula is C28H35N3O4S. The van der Waals surface area contributed by atoms with Crippen molar-refractivity contribution in [1.29, 1.82) is 0 Å². The summed E-state index contributed by atoms with van der Waals surface area (Å²) in [7, 11) is 0. The van der Waals surface area contributed by atoms with Gasteiger partial charge in [-0.3, -0.25) is 9.59 Å². The normalized spacial score (nSPS) is 12.6. The number of carbonyl (C=O) groups is 3. The molecule has 0 bridgehead atoms. The van der Waals surface area contributed by atoms with Crippen LogP contribution in [0, 0.1) is 12.3 Å². The van der Waals surface area contributed by atoms with Gasteiger partial charge in [0.2, 0.25) is 11.8 Å². The summed E-state index contributed by atoms with van der Waals surface area (Å²) >= 11 is 4.29. The predicted molar refractivity (Wildman–Crippen MR) is 144 cm³/mol. The highest BCUT2D eigenvalue weighted by atomic mass is 32.1. The molecule has 0 saturated carbocycles. The van der Waals surface area contributed by atoms with Gasteiger partial charge in [0.15, 0.2) is 0 Å². The predicted octanol–water partition coefficient (Wildman–Crippen LogP) is 4.09. The Morgan fingerprint density at radius 2 is 1.72 bits per heavy atom. The highest BCUT2D eigenvalue weighted by Gasteiger charge is 2.35. The fourth-order valence-corrected chi connectivity index (χ4v) is 3.81. The number of thiol groups is 1. The Bertz CT molecular complexity index is 1060. The molecule has 2 N–H and O–H groups in total. The van der Waals surface area contributed by atoms with E-state index in [0.29, 0.717) is 30.6 Å². The zero-order valence-electron chi connectivity index (χ0n) is 21.3. The van der Waals surface area contributed by atoms with Crippen molar-refractivity contribution < 1.29 is 19.1 Å². The number of ether oxygens (including phenoxy) is 1. The molecule has 0 aliphatic rings. The number of nitrogens with one attached hydrogen (secondary N) is 2. The Labute approximate surface area is 219 Å². The van der Waals surface area contributed by atoms with E-state index in [2.05, 4.69) is 29.2 Å². The third-order valence-corrected chi connectivity index (χ3v) is 5.55. The first-order chi connectivity index (χ1) is 17.1. The number of rotatable bonds is 10. The van der Waals surface area contributed by atoms with Crippen molar-refractivity contribution in [2.24, 2.45) is 0 Å². The molecule has 0 saturated heterocycles. The molecule has 2 rings (SSSR count). The van der Waals surface area contributed by atoms with E-state index in [1.807, 2.05) is 37.3 Å². The fourth-order valence-electron chi connectivity index (χ4n) is 3.56. The fraction of sp³-hybridized carbons (Fsp3) is 0.393. The van der Waals surface area contributed by atoms with Crippen LogP contribution in [0.15, 0.2) is 54.6 Å². The van der Waals surface area contributed by atoms with Crippen LogP contribution in [0.1, 0.15) is 56.8 Å². The molecule has 2 aromatic carbocycles. The summed E-state index contributed by atoms with van der Waals surface area (Å²) < 4.78 is 5.31. The van der Waals surface area contributed by atoms with Crippen LogP contribution >= 0.6 is 12.6 Å². The molecule has 0 radical (unpaired) electrons. The number of terminal acetylenes is 1. The van der Waals surface area contributed by atoms with E-state index in [-0.39, 0.29) is 11.7 Å².